The molecule has 0 bridgehead atoms. The molecule has 12 heavy (non-hydrogen) atoms. The molecule has 0 aliphatic rings. The summed E-state index contributed by atoms with van der Waals surface area (Å²) < 4.78 is 9.94. The first-order valence-corrected chi connectivity index (χ1v) is 5.99. The Balaban J connectivity index is 4.25. The minimum Gasteiger partial charge on any atom is -0.481 e. The number of unbranched alkanes of at least 4 members (excludes halogenated alkanes) is 1. The molecule has 72 valence electrons. The minimum absolute atomic E-state index is 0.520. The number of hydrogen-bond donors (Lipinski definition) is 1. The fraction of sp³-hybridized carbons (Fsp3) is 0.857. The number of carbonyl (C=O) groups is 1. The van der Waals surface area contributed by atoms with Gasteiger partial charge in [-0.1, -0.05) is 19.8 Å². The first-order chi connectivity index (χ1) is 5.63. The summed E-state index contributed by atoms with van der Waals surface area (Å²) in [5.74, 6) is 0. The Bertz CT molecular complexity index is 144. The maximum Gasteiger partial charge on any atom is 0.461 e. The lowest BCUT2D eigenvalue weighted by molar-refractivity contribution is 0.182. The van der Waals surface area contributed by atoms with E-state index in [-0.39, 0.29) is 0 Å². The van der Waals surface area contributed by atoms with Gasteiger partial charge in [-0.2, -0.15) is 0 Å². The van der Waals surface area contributed by atoms with Crippen molar-refractivity contribution in [1.82, 2.24) is 0 Å². The average Bonchev–Trinajstić information content (AvgIpc) is 2.07. The van der Waals surface area contributed by atoms with E-state index < -0.39 is 14.2 Å². The van der Waals surface area contributed by atoms with Crippen LogP contribution < -0.4 is 0 Å². The Kier molecular flexibility index (Phi) is 5.11. The average molecular weight is 192 g/mol. The molecule has 0 aromatic rings. The Morgan fingerprint density at radius 3 is 2.17 bits per heavy atom. The lowest BCUT2D eigenvalue weighted by Crippen LogP contribution is -2.48. The molecule has 0 heterocycles. The molecule has 0 unspecified atom stereocenters. The molecule has 0 saturated heterocycles. The van der Waals surface area contributed by atoms with Gasteiger partial charge in [0.2, 0.25) is 0 Å². The summed E-state index contributed by atoms with van der Waals surface area (Å²) in [6, 6.07) is 0.520. The van der Waals surface area contributed by atoms with Gasteiger partial charge in [0.1, 0.15) is 0 Å². The summed E-state index contributed by atoms with van der Waals surface area (Å²) in [4.78, 5) is 10.8. The van der Waals surface area contributed by atoms with Gasteiger partial charge in [-0.05, 0) is 0 Å². The van der Waals surface area contributed by atoms with Crippen LogP contribution in [0.2, 0.25) is 6.04 Å². The van der Waals surface area contributed by atoms with Crippen molar-refractivity contribution in [2.75, 3.05) is 14.2 Å². The molecular weight excluding hydrogens is 176 g/mol. The predicted octanol–water partition coefficient (Wildman–Crippen LogP) is 1.78. The molecule has 0 radical (unpaired) electrons. The Labute approximate surface area is 73.7 Å². The zero-order chi connectivity index (χ0) is 9.61. The maximum absolute atomic E-state index is 10.8. The molecule has 5 heteroatoms. The fourth-order valence-electron chi connectivity index (χ4n) is 0.979. The molecule has 0 aliphatic carbocycles. The maximum atomic E-state index is 10.8. The van der Waals surface area contributed by atoms with Crippen molar-refractivity contribution >= 4 is 14.2 Å². The Morgan fingerprint density at radius 1 is 1.42 bits per heavy atom. The number of hydrogen-bond acceptors (Lipinski definition) is 3. The monoisotopic (exact) mass is 192 g/mol. The highest BCUT2D eigenvalue weighted by Crippen LogP contribution is 2.16. The van der Waals surface area contributed by atoms with Gasteiger partial charge in [0, 0.05) is 20.3 Å². The lowest BCUT2D eigenvalue weighted by atomic mass is 10.4. The van der Waals surface area contributed by atoms with E-state index in [0.29, 0.717) is 6.04 Å². The van der Waals surface area contributed by atoms with E-state index in [1.807, 2.05) is 6.92 Å². The van der Waals surface area contributed by atoms with Crippen molar-refractivity contribution in [3.05, 3.63) is 0 Å². The van der Waals surface area contributed by atoms with E-state index in [2.05, 4.69) is 0 Å². The summed E-state index contributed by atoms with van der Waals surface area (Å²) in [7, 11) is -0.121. The zero-order valence-electron chi connectivity index (χ0n) is 7.79. The topological polar surface area (TPSA) is 55.8 Å². The van der Waals surface area contributed by atoms with E-state index in [0.717, 1.165) is 12.8 Å². The zero-order valence-corrected chi connectivity index (χ0v) is 8.79. The first-order valence-electron chi connectivity index (χ1n) is 3.96. The van der Waals surface area contributed by atoms with Crippen molar-refractivity contribution in [2.24, 2.45) is 0 Å². The van der Waals surface area contributed by atoms with Crippen molar-refractivity contribution in [2.45, 2.75) is 25.8 Å². The third kappa shape index (κ3) is 2.58. The second-order valence-electron chi connectivity index (χ2n) is 2.57. The summed E-state index contributed by atoms with van der Waals surface area (Å²) in [5, 5.41) is 8.86. The van der Waals surface area contributed by atoms with Gasteiger partial charge in [-0.15, -0.1) is 0 Å². The van der Waals surface area contributed by atoms with Gasteiger partial charge in [-0.3, -0.25) is 4.79 Å². The Hall–Kier alpha value is -0.393. The summed E-state index contributed by atoms with van der Waals surface area (Å²) in [6.07, 6.45) is 1.79. The van der Waals surface area contributed by atoms with Crippen molar-refractivity contribution in [3.63, 3.8) is 0 Å². The molecular formula is C7H16O4Si. The summed E-state index contributed by atoms with van der Waals surface area (Å²) in [6.45, 7) is 2.01. The van der Waals surface area contributed by atoms with E-state index in [1.54, 1.807) is 0 Å². The van der Waals surface area contributed by atoms with Crippen LogP contribution in [0.5, 0.6) is 0 Å². The van der Waals surface area contributed by atoms with Crippen LogP contribution in [0.25, 0.3) is 0 Å². The highest BCUT2D eigenvalue weighted by atomic mass is 28.4. The third-order valence-corrected chi connectivity index (χ3v) is 4.83. The third-order valence-electron chi connectivity index (χ3n) is 1.84. The smallest absolute Gasteiger partial charge is 0.461 e. The number of carboxylic acid groups (broad SMARTS) is 1. The molecule has 0 rings (SSSR count). The summed E-state index contributed by atoms with van der Waals surface area (Å²) >= 11 is 0. The summed E-state index contributed by atoms with van der Waals surface area (Å²) in [5.41, 5.74) is -0.930. The molecule has 0 aromatic heterocycles. The first kappa shape index (κ1) is 11.6. The van der Waals surface area contributed by atoms with E-state index >= 15 is 0 Å². The van der Waals surface area contributed by atoms with E-state index in [4.69, 9.17) is 14.0 Å². The van der Waals surface area contributed by atoms with Crippen LogP contribution in [-0.4, -0.2) is 33.5 Å². The van der Waals surface area contributed by atoms with Gasteiger partial charge in [-0.25, -0.2) is 0 Å². The number of rotatable bonds is 6. The van der Waals surface area contributed by atoms with E-state index in [9.17, 15) is 4.79 Å². The lowest BCUT2D eigenvalue weighted by Gasteiger charge is -2.21. The van der Waals surface area contributed by atoms with Crippen molar-refractivity contribution < 1.29 is 18.8 Å². The van der Waals surface area contributed by atoms with Crippen LogP contribution in [0.15, 0.2) is 0 Å². The van der Waals surface area contributed by atoms with Crippen molar-refractivity contribution in [1.29, 1.82) is 0 Å². The van der Waals surface area contributed by atoms with Gasteiger partial charge >= 0.3 is 14.2 Å². The van der Waals surface area contributed by atoms with Gasteiger partial charge in [0.25, 0.3) is 0 Å². The SMILES string of the molecule is CCCC[Si](OC)(OC)C(=O)O. The van der Waals surface area contributed by atoms with E-state index in [1.165, 1.54) is 14.2 Å². The highest BCUT2D eigenvalue weighted by molar-refractivity contribution is 6.95. The second kappa shape index (κ2) is 5.29. The molecule has 0 spiro atoms. The standard InChI is InChI=1S/C7H16O4Si/c1-4-5-6-12(10-2,11-3)7(8)9/h4-6H2,1-3H3,(H,8,9). The molecule has 0 aromatic carbocycles. The molecule has 1 N–H and O–H groups in total. The van der Waals surface area contributed by atoms with Crippen LogP contribution in [0, 0.1) is 0 Å². The predicted molar refractivity (Wildman–Crippen MR) is 47.5 cm³/mol. The second-order valence-corrected chi connectivity index (χ2v) is 5.82. The fourth-order valence-corrected chi connectivity index (χ4v) is 2.94. The van der Waals surface area contributed by atoms with Gasteiger partial charge in [0.15, 0.2) is 0 Å². The normalized spacial score (nSPS) is 11.6. The highest BCUT2D eigenvalue weighted by Gasteiger charge is 2.44. The molecule has 0 aliphatic heterocycles. The van der Waals surface area contributed by atoms with Crippen LogP contribution in [0.3, 0.4) is 0 Å². The van der Waals surface area contributed by atoms with Gasteiger partial charge in [0.05, 0.1) is 0 Å². The largest absolute Gasteiger partial charge is 0.481 e. The molecule has 0 atom stereocenters. The molecule has 0 amide bonds. The van der Waals surface area contributed by atoms with Crippen LogP contribution >= 0.6 is 0 Å². The Morgan fingerprint density at radius 2 is 1.92 bits per heavy atom. The molecule has 0 saturated carbocycles. The van der Waals surface area contributed by atoms with Crippen LogP contribution in [-0.2, 0) is 8.85 Å². The quantitative estimate of drug-likeness (QED) is 0.652. The van der Waals surface area contributed by atoms with Crippen LogP contribution in [0.1, 0.15) is 19.8 Å². The minimum atomic E-state index is -2.93. The molecule has 4 nitrogen and oxygen atoms in total. The van der Waals surface area contributed by atoms with Crippen LogP contribution in [0.4, 0.5) is 4.79 Å². The van der Waals surface area contributed by atoms with Crippen molar-refractivity contribution in [3.8, 4) is 0 Å². The molecule has 0 fully saturated rings. The van der Waals surface area contributed by atoms with Gasteiger partial charge < -0.3 is 14.0 Å².